The van der Waals surface area contributed by atoms with Gasteiger partial charge in [0.25, 0.3) is 11.6 Å². The molecule has 1 aliphatic rings. The standard InChI is InChI=1S/C13H16N2O6/c16-12(14-21-13-6-1-2-7-19-13)9-20-11-5-3-4-10(8-11)15(17)18/h3-5,8,13H,1-2,6-7,9H2,(H,14,16)/t13-/m1/s1. The van der Waals surface area contributed by atoms with Gasteiger partial charge in [-0.2, -0.15) is 0 Å². The lowest BCUT2D eigenvalue weighted by Crippen LogP contribution is -2.35. The molecular formula is C13H16N2O6. The van der Waals surface area contributed by atoms with Crippen LogP contribution in [0.25, 0.3) is 0 Å². The highest BCUT2D eigenvalue weighted by Gasteiger charge is 2.16. The van der Waals surface area contributed by atoms with Crippen LogP contribution in [0.1, 0.15) is 19.3 Å². The van der Waals surface area contributed by atoms with E-state index in [1.807, 2.05) is 0 Å². The molecule has 1 N–H and O–H groups in total. The summed E-state index contributed by atoms with van der Waals surface area (Å²) in [6.45, 7) is 0.318. The van der Waals surface area contributed by atoms with Crippen LogP contribution in [-0.4, -0.2) is 30.3 Å². The second kappa shape index (κ2) is 7.55. The fraction of sp³-hybridized carbons (Fsp3) is 0.462. The predicted octanol–water partition coefficient (Wildman–Crippen LogP) is 1.55. The lowest BCUT2D eigenvalue weighted by atomic mass is 10.2. The van der Waals surface area contributed by atoms with Crippen molar-refractivity contribution in [2.24, 2.45) is 0 Å². The van der Waals surface area contributed by atoms with E-state index in [2.05, 4.69) is 5.48 Å². The van der Waals surface area contributed by atoms with Crippen molar-refractivity contribution in [1.29, 1.82) is 0 Å². The van der Waals surface area contributed by atoms with E-state index in [0.29, 0.717) is 6.61 Å². The van der Waals surface area contributed by atoms with Gasteiger partial charge in [-0.1, -0.05) is 6.07 Å². The molecule has 114 valence electrons. The van der Waals surface area contributed by atoms with Gasteiger partial charge in [0.15, 0.2) is 12.9 Å². The SMILES string of the molecule is O=C(COc1cccc([N+](=O)[O-])c1)NO[C@@H]1CCCCO1. The lowest BCUT2D eigenvalue weighted by Gasteiger charge is -2.22. The number of hydroxylamine groups is 1. The average Bonchev–Trinajstić information content (AvgIpc) is 2.52. The van der Waals surface area contributed by atoms with Gasteiger partial charge in [-0.3, -0.25) is 14.9 Å². The average molecular weight is 296 g/mol. The molecule has 1 aliphatic heterocycles. The first-order valence-corrected chi connectivity index (χ1v) is 6.58. The van der Waals surface area contributed by atoms with Crippen molar-refractivity contribution in [1.82, 2.24) is 5.48 Å². The van der Waals surface area contributed by atoms with E-state index in [1.165, 1.54) is 24.3 Å². The fourth-order valence-corrected chi connectivity index (χ4v) is 1.80. The van der Waals surface area contributed by atoms with Gasteiger partial charge in [0.2, 0.25) is 0 Å². The summed E-state index contributed by atoms with van der Waals surface area (Å²) in [6, 6.07) is 5.61. The summed E-state index contributed by atoms with van der Waals surface area (Å²) in [7, 11) is 0. The number of nitrogens with one attached hydrogen (secondary N) is 1. The maximum Gasteiger partial charge on any atom is 0.281 e. The van der Waals surface area contributed by atoms with E-state index >= 15 is 0 Å². The van der Waals surface area contributed by atoms with Crippen molar-refractivity contribution >= 4 is 11.6 Å². The van der Waals surface area contributed by atoms with Crippen LogP contribution in [0.4, 0.5) is 5.69 Å². The molecule has 1 atom stereocenters. The topological polar surface area (TPSA) is 99.9 Å². The normalized spacial score (nSPS) is 18.0. The number of carbonyl (C=O) groups excluding carboxylic acids is 1. The molecule has 8 nitrogen and oxygen atoms in total. The Hall–Kier alpha value is -2.19. The first-order chi connectivity index (χ1) is 10.1. The molecule has 1 saturated heterocycles. The molecule has 0 unspecified atom stereocenters. The van der Waals surface area contributed by atoms with Crippen LogP contribution >= 0.6 is 0 Å². The molecule has 8 heteroatoms. The Balaban J connectivity index is 1.73. The Kier molecular flexibility index (Phi) is 5.47. The van der Waals surface area contributed by atoms with Crippen LogP contribution < -0.4 is 10.2 Å². The lowest BCUT2D eigenvalue weighted by molar-refractivity contribution is -0.384. The first kappa shape index (κ1) is 15.2. The number of ether oxygens (including phenoxy) is 2. The first-order valence-electron chi connectivity index (χ1n) is 6.58. The second-order valence-electron chi connectivity index (χ2n) is 4.48. The fourth-order valence-electron chi connectivity index (χ4n) is 1.80. The van der Waals surface area contributed by atoms with E-state index in [-0.39, 0.29) is 18.0 Å². The number of benzene rings is 1. The molecule has 2 rings (SSSR count). The van der Waals surface area contributed by atoms with Crippen molar-refractivity contribution in [3.05, 3.63) is 34.4 Å². The van der Waals surface area contributed by atoms with Crippen LogP contribution in [-0.2, 0) is 14.4 Å². The molecule has 1 amide bonds. The number of amides is 1. The molecule has 1 fully saturated rings. The van der Waals surface area contributed by atoms with Gasteiger partial charge in [0.1, 0.15) is 5.75 Å². The Labute approximate surface area is 121 Å². The highest BCUT2D eigenvalue weighted by atomic mass is 16.8. The Morgan fingerprint density at radius 3 is 3.05 bits per heavy atom. The summed E-state index contributed by atoms with van der Waals surface area (Å²) >= 11 is 0. The van der Waals surface area contributed by atoms with Gasteiger partial charge < -0.3 is 9.47 Å². The van der Waals surface area contributed by atoms with Crippen molar-refractivity contribution in [2.45, 2.75) is 25.6 Å². The molecule has 0 saturated carbocycles. The summed E-state index contributed by atoms with van der Waals surface area (Å²) < 4.78 is 10.4. The van der Waals surface area contributed by atoms with Gasteiger partial charge in [-0.15, -0.1) is 0 Å². The third kappa shape index (κ3) is 5.01. The third-order valence-corrected chi connectivity index (χ3v) is 2.84. The number of non-ortho nitro benzene ring substituents is 1. The number of carbonyl (C=O) groups is 1. The third-order valence-electron chi connectivity index (χ3n) is 2.84. The molecule has 0 radical (unpaired) electrons. The molecule has 0 bridgehead atoms. The molecule has 1 heterocycles. The summed E-state index contributed by atoms with van der Waals surface area (Å²) in [5, 5.41) is 10.6. The largest absolute Gasteiger partial charge is 0.483 e. The molecule has 0 aromatic heterocycles. The van der Waals surface area contributed by atoms with Crippen LogP contribution in [0.2, 0.25) is 0 Å². The summed E-state index contributed by atoms with van der Waals surface area (Å²) in [6.07, 6.45) is 2.28. The zero-order valence-corrected chi connectivity index (χ0v) is 11.3. The predicted molar refractivity (Wildman–Crippen MR) is 71.4 cm³/mol. The van der Waals surface area contributed by atoms with Crippen molar-refractivity contribution in [3.8, 4) is 5.75 Å². The monoisotopic (exact) mass is 296 g/mol. The number of hydrogen-bond acceptors (Lipinski definition) is 6. The quantitative estimate of drug-likeness (QED) is 0.631. The minimum absolute atomic E-state index is 0.0974. The number of rotatable bonds is 6. The minimum Gasteiger partial charge on any atom is -0.483 e. The zero-order chi connectivity index (χ0) is 15.1. The van der Waals surface area contributed by atoms with Gasteiger partial charge in [-0.05, 0) is 18.9 Å². The van der Waals surface area contributed by atoms with Crippen LogP contribution in [0.3, 0.4) is 0 Å². The van der Waals surface area contributed by atoms with Crippen LogP contribution in [0.15, 0.2) is 24.3 Å². The van der Waals surface area contributed by atoms with Crippen molar-refractivity contribution < 1.29 is 24.0 Å². The number of nitro benzene ring substituents is 1. The van der Waals surface area contributed by atoms with E-state index in [0.717, 1.165) is 19.3 Å². The van der Waals surface area contributed by atoms with E-state index in [1.54, 1.807) is 0 Å². The van der Waals surface area contributed by atoms with Crippen LogP contribution in [0.5, 0.6) is 5.75 Å². The Bertz CT molecular complexity index is 501. The van der Waals surface area contributed by atoms with E-state index in [4.69, 9.17) is 14.3 Å². The van der Waals surface area contributed by atoms with Gasteiger partial charge in [-0.25, -0.2) is 10.3 Å². The molecular weight excluding hydrogens is 280 g/mol. The highest BCUT2D eigenvalue weighted by Crippen LogP contribution is 2.18. The highest BCUT2D eigenvalue weighted by molar-refractivity contribution is 5.76. The van der Waals surface area contributed by atoms with Gasteiger partial charge >= 0.3 is 0 Å². The van der Waals surface area contributed by atoms with Gasteiger partial charge in [0.05, 0.1) is 11.0 Å². The molecule has 0 aliphatic carbocycles. The number of hydrogen-bond donors (Lipinski definition) is 1. The number of nitro groups is 1. The van der Waals surface area contributed by atoms with Gasteiger partial charge in [0, 0.05) is 19.1 Å². The van der Waals surface area contributed by atoms with Crippen molar-refractivity contribution in [3.63, 3.8) is 0 Å². The zero-order valence-electron chi connectivity index (χ0n) is 11.3. The molecule has 1 aromatic rings. The van der Waals surface area contributed by atoms with E-state index < -0.39 is 17.1 Å². The summed E-state index contributed by atoms with van der Waals surface area (Å²) in [5.41, 5.74) is 2.14. The second-order valence-corrected chi connectivity index (χ2v) is 4.48. The van der Waals surface area contributed by atoms with Crippen LogP contribution in [0, 0.1) is 10.1 Å². The minimum atomic E-state index is -0.531. The molecule has 1 aromatic carbocycles. The Morgan fingerprint density at radius 2 is 2.33 bits per heavy atom. The summed E-state index contributed by atoms with van der Waals surface area (Å²) in [5.74, 6) is -0.246. The summed E-state index contributed by atoms with van der Waals surface area (Å²) in [4.78, 5) is 26.7. The smallest absolute Gasteiger partial charge is 0.281 e. The maximum absolute atomic E-state index is 11.5. The maximum atomic E-state index is 11.5. The number of nitrogens with zero attached hydrogens (tertiary/aromatic N) is 1. The Morgan fingerprint density at radius 1 is 1.48 bits per heavy atom. The molecule has 0 spiro atoms. The van der Waals surface area contributed by atoms with Crippen molar-refractivity contribution in [2.75, 3.05) is 13.2 Å². The van der Waals surface area contributed by atoms with E-state index in [9.17, 15) is 14.9 Å². The molecule has 21 heavy (non-hydrogen) atoms.